The molecule has 0 radical (unpaired) electrons. The molecule has 4 nitrogen and oxygen atoms in total. The van der Waals surface area contributed by atoms with E-state index in [1.165, 1.54) is 0 Å². The van der Waals surface area contributed by atoms with Crippen molar-refractivity contribution in [2.75, 3.05) is 0 Å². The third-order valence-corrected chi connectivity index (χ3v) is 3.69. The van der Waals surface area contributed by atoms with Gasteiger partial charge in [-0.3, -0.25) is 4.79 Å². The van der Waals surface area contributed by atoms with Gasteiger partial charge in [-0.25, -0.2) is 5.43 Å². The van der Waals surface area contributed by atoms with Gasteiger partial charge in [0.2, 0.25) is 5.91 Å². The third kappa shape index (κ3) is 2.78. The molecular formula is C15H13N3OS. The monoisotopic (exact) mass is 283 g/mol. The number of nitrogens with zero attached hydrogens (tertiary/aromatic N) is 1. The van der Waals surface area contributed by atoms with E-state index in [1.807, 2.05) is 47.3 Å². The van der Waals surface area contributed by atoms with Crippen LogP contribution in [0.25, 0.3) is 10.9 Å². The lowest BCUT2D eigenvalue weighted by Gasteiger charge is -1.97. The summed E-state index contributed by atoms with van der Waals surface area (Å²) in [6.45, 7) is 0. The van der Waals surface area contributed by atoms with Crippen molar-refractivity contribution in [3.63, 3.8) is 0 Å². The number of amides is 1. The van der Waals surface area contributed by atoms with E-state index in [0.717, 1.165) is 22.0 Å². The first-order chi connectivity index (χ1) is 9.83. The summed E-state index contributed by atoms with van der Waals surface area (Å²) in [5.41, 5.74) is 5.56. The molecule has 0 spiro atoms. The number of hydrogen-bond acceptors (Lipinski definition) is 3. The Bertz CT molecular complexity index is 743. The molecule has 1 amide bonds. The fourth-order valence-corrected chi connectivity index (χ4v) is 2.66. The van der Waals surface area contributed by atoms with E-state index in [-0.39, 0.29) is 5.91 Å². The number of hydrogen-bond donors (Lipinski definition) is 2. The molecule has 2 heterocycles. The van der Waals surface area contributed by atoms with Gasteiger partial charge in [-0.05, 0) is 28.5 Å². The van der Waals surface area contributed by atoms with Gasteiger partial charge in [0.25, 0.3) is 0 Å². The number of hydrazone groups is 1. The van der Waals surface area contributed by atoms with Crippen LogP contribution in [0.1, 0.15) is 11.1 Å². The number of H-pyrrole nitrogens is 1. The van der Waals surface area contributed by atoms with Crippen LogP contribution < -0.4 is 5.43 Å². The van der Waals surface area contributed by atoms with Crippen molar-refractivity contribution in [3.8, 4) is 0 Å². The number of aromatic nitrogens is 1. The van der Waals surface area contributed by atoms with Crippen LogP contribution in [0, 0.1) is 0 Å². The second-order valence-corrected chi connectivity index (χ2v) is 5.17. The van der Waals surface area contributed by atoms with Crippen molar-refractivity contribution in [1.82, 2.24) is 10.4 Å². The Morgan fingerprint density at radius 2 is 2.25 bits per heavy atom. The SMILES string of the molecule is O=C(Cc1ccsc1)N/N=C/c1c[nH]c2ccccc12. The summed E-state index contributed by atoms with van der Waals surface area (Å²) in [5.74, 6) is -0.112. The van der Waals surface area contributed by atoms with E-state index in [4.69, 9.17) is 0 Å². The van der Waals surface area contributed by atoms with Gasteiger partial charge in [-0.2, -0.15) is 16.4 Å². The Morgan fingerprint density at radius 3 is 3.10 bits per heavy atom. The van der Waals surface area contributed by atoms with E-state index in [1.54, 1.807) is 17.6 Å². The van der Waals surface area contributed by atoms with Crippen LogP contribution >= 0.6 is 11.3 Å². The maximum Gasteiger partial charge on any atom is 0.244 e. The zero-order chi connectivity index (χ0) is 13.8. The van der Waals surface area contributed by atoms with Gasteiger partial charge in [0, 0.05) is 22.7 Å². The van der Waals surface area contributed by atoms with Crippen molar-refractivity contribution in [1.29, 1.82) is 0 Å². The molecule has 0 aliphatic heterocycles. The van der Waals surface area contributed by atoms with Gasteiger partial charge in [0.1, 0.15) is 0 Å². The van der Waals surface area contributed by atoms with Crippen molar-refractivity contribution in [2.45, 2.75) is 6.42 Å². The minimum absolute atomic E-state index is 0.112. The summed E-state index contributed by atoms with van der Waals surface area (Å²) in [7, 11) is 0. The minimum Gasteiger partial charge on any atom is -0.361 e. The maximum absolute atomic E-state index is 11.7. The van der Waals surface area contributed by atoms with Gasteiger partial charge >= 0.3 is 0 Å². The maximum atomic E-state index is 11.7. The lowest BCUT2D eigenvalue weighted by atomic mass is 10.2. The standard InChI is InChI=1S/C15H13N3OS/c19-15(7-11-5-6-20-10-11)18-17-9-12-8-16-14-4-2-1-3-13(12)14/h1-6,8-10,16H,7H2,(H,18,19)/b17-9+. The molecule has 0 aliphatic carbocycles. The Balaban J connectivity index is 1.64. The number of carbonyl (C=O) groups excluding carboxylic acids is 1. The molecule has 100 valence electrons. The molecule has 3 rings (SSSR count). The molecule has 2 N–H and O–H groups in total. The largest absolute Gasteiger partial charge is 0.361 e. The molecule has 0 bridgehead atoms. The average molecular weight is 283 g/mol. The lowest BCUT2D eigenvalue weighted by Crippen LogP contribution is -2.19. The first kappa shape index (κ1) is 12.6. The molecule has 20 heavy (non-hydrogen) atoms. The molecule has 5 heteroatoms. The summed E-state index contributed by atoms with van der Waals surface area (Å²) in [6.07, 6.45) is 3.89. The van der Waals surface area contributed by atoms with Crippen LogP contribution in [0.2, 0.25) is 0 Å². The lowest BCUT2D eigenvalue weighted by molar-refractivity contribution is -0.120. The van der Waals surface area contributed by atoms with E-state index < -0.39 is 0 Å². The molecule has 0 fully saturated rings. The molecule has 2 aromatic heterocycles. The zero-order valence-corrected chi connectivity index (χ0v) is 11.5. The fourth-order valence-electron chi connectivity index (χ4n) is 1.99. The van der Waals surface area contributed by atoms with Crippen molar-refractivity contribution >= 4 is 34.4 Å². The van der Waals surface area contributed by atoms with Crippen molar-refractivity contribution in [2.24, 2.45) is 5.10 Å². The number of nitrogens with one attached hydrogen (secondary N) is 2. The zero-order valence-electron chi connectivity index (χ0n) is 10.7. The molecule has 0 saturated carbocycles. The molecule has 0 aliphatic rings. The molecule has 0 saturated heterocycles. The number of rotatable bonds is 4. The summed E-state index contributed by atoms with van der Waals surface area (Å²) >= 11 is 1.58. The van der Waals surface area contributed by atoms with E-state index >= 15 is 0 Å². The van der Waals surface area contributed by atoms with Crippen LogP contribution in [-0.4, -0.2) is 17.1 Å². The quantitative estimate of drug-likeness (QED) is 0.561. The number of fused-ring (bicyclic) bond motifs is 1. The van der Waals surface area contributed by atoms with Crippen LogP contribution in [0.3, 0.4) is 0 Å². The Hall–Kier alpha value is -2.40. The summed E-state index contributed by atoms with van der Waals surface area (Å²) in [6, 6.07) is 9.90. The highest BCUT2D eigenvalue weighted by Crippen LogP contribution is 2.15. The van der Waals surface area contributed by atoms with Gasteiger partial charge in [-0.15, -0.1) is 0 Å². The molecule has 0 atom stereocenters. The third-order valence-electron chi connectivity index (χ3n) is 2.96. The Kier molecular flexibility index (Phi) is 3.60. The normalized spacial score (nSPS) is 11.2. The average Bonchev–Trinajstić information content (AvgIpc) is 3.09. The van der Waals surface area contributed by atoms with Crippen molar-refractivity contribution in [3.05, 3.63) is 58.4 Å². The van der Waals surface area contributed by atoms with Crippen molar-refractivity contribution < 1.29 is 4.79 Å². The molecule has 3 aromatic rings. The predicted octanol–water partition coefficient (Wildman–Crippen LogP) is 2.92. The highest BCUT2D eigenvalue weighted by Gasteiger charge is 2.03. The van der Waals surface area contributed by atoms with Crippen LogP contribution in [0.15, 0.2) is 52.4 Å². The van der Waals surface area contributed by atoms with Gasteiger partial charge in [-0.1, -0.05) is 18.2 Å². The smallest absolute Gasteiger partial charge is 0.244 e. The summed E-state index contributed by atoms with van der Waals surface area (Å²) in [5, 5.41) is 9.01. The van der Waals surface area contributed by atoms with E-state index in [0.29, 0.717) is 6.42 Å². The van der Waals surface area contributed by atoms with Gasteiger partial charge in [0.05, 0.1) is 12.6 Å². The predicted molar refractivity (Wildman–Crippen MR) is 82.1 cm³/mol. The number of benzene rings is 1. The number of para-hydroxylation sites is 1. The second-order valence-electron chi connectivity index (χ2n) is 4.39. The highest BCUT2D eigenvalue weighted by atomic mass is 32.1. The topological polar surface area (TPSA) is 57.2 Å². The van der Waals surface area contributed by atoms with E-state index in [2.05, 4.69) is 15.5 Å². The first-order valence-electron chi connectivity index (χ1n) is 6.22. The van der Waals surface area contributed by atoms with E-state index in [9.17, 15) is 4.79 Å². The number of thiophene rings is 1. The first-order valence-corrected chi connectivity index (χ1v) is 7.16. The number of carbonyl (C=O) groups is 1. The van der Waals surface area contributed by atoms with Gasteiger partial charge in [0.15, 0.2) is 0 Å². The second kappa shape index (κ2) is 5.71. The molecular weight excluding hydrogens is 270 g/mol. The van der Waals surface area contributed by atoms with Crippen LogP contribution in [-0.2, 0) is 11.2 Å². The summed E-state index contributed by atoms with van der Waals surface area (Å²) < 4.78 is 0. The molecule has 1 aromatic carbocycles. The van der Waals surface area contributed by atoms with Gasteiger partial charge < -0.3 is 4.98 Å². The Morgan fingerprint density at radius 1 is 1.35 bits per heavy atom. The highest BCUT2D eigenvalue weighted by molar-refractivity contribution is 7.08. The van der Waals surface area contributed by atoms with Crippen LogP contribution in [0.4, 0.5) is 0 Å². The number of aromatic amines is 1. The minimum atomic E-state index is -0.112. The summed E-state index contributed by atoms with van der Waals surface area (Å²) in [4.78, 5) is 14.8. The fraction of sp³-hybridized carbons (Fsp3) is 0.0667. The Labute approximate surface area is 120 Å². The van der Waals surface area contributed by atoms with Crippen LogP contribution in [0.5, 0.6) is 0 Å². The molecule has 0 unspecified atom stereocenters.